The van der Waals surface area contributed by atoms with Crippen LogP contribution in [0, 0.1) is 11.6 Å². The highest BCUT2D eigenvalue weighted by Crippen LogP contribution is 2.10. The highest BCUT2D eigenvalue weighted by atomic mass is 19.1. The second-order valence-corrected chi connectivity index (χ2v) is 5.81. The molecule has 2 aromatic carbocycles. The molecule has 2 aromatic heterocycles. The van der Waals surface area contributed by atoms with Crippen molar-refractivity contribution in [1.82, 2.24) is 24.5 Å². The molecule has 0 bridgehead atoms. The summed E-state index contributed by atoms with van der Waals surface area (Å²) in [7, 11) is 0. The van der Waals surface area contributed by atoms with Crippen LogP contribution < -0.4 is 5.56 Å². The molecule has 0 spiro atoms. The molecule has 0 N–H and O–H groups in total. The Balaban J connectivity index is 1.68. The number of benzene rings is 2. The second-order valence-electron chi connectivity index (χ2n) is 5.81. The van der Waals surface area contributed by atoms with Gasteiger partial charge in [0.25, 0.3) is 5.56 Å². The van der Waals surface area contributed by atoms with E-state index in [-0.39, 0.29) is 23.7 Å². The number of nitrogens with zero attached hydrogens (tertiary/aromatic N) is 5. The summed E-state index contributed by atoms with van der Waals surface area (Å²) in [6, 6.07) is 12.2. The van der Waals surface area contributed by atoms with E-state index in [1.807, 2.05) is 0 Å². The molecule has 4 rings (SSSR count). The molecule has 4 aromatic rings. The molecule has 0 atom stereocenters. The summed E-state index contributed by atoms with van der Waals surface area (Å²) < 4.78 is 29.6. The van der Waals surface area contributed by atoms with Gasteiger partial charge in [0.2, 0.25) is 0 Å². The third-order valence-corrected chi connectivity index (χ3v) is 4.04. The van der Waals surface area contributed by atoms with Crippen LogP contribution in [0.1, 0.15) is 11.1 Å². The molecule has 0 amide bonds. The number of rotatable bonds is 4. The second kappa shape index (κ2) is 6.47. The van der Waals surface area contributed by atoms with Gasteiger partial charge in [0.05, 0.1) is 13.1 Å². The number of fused-ring (bicyclic) bond motifs is 1. The first-order valence-corrected chi connectivity index (χ1v) is 7.88. The minimum Gasteiger partial charge on any atom is -0.293 e. The molecular weight excluding hydrogens is 340 g/mol. The molecule has 26 heavy (non-hydrogen) atoms. The Morgan fingerprint density at radius 2 is 1.73 bits per heavy atom. The van der Waals surface area contributed by atoms with E-state index in [4.69, 9.17) is 0 Å². The third kappa shape index (κ3) is 2.97. The lowest BCUT2D eigenvalue weighted by molar-refractivity contribution is 0.595. The Labute approximate surface area is 146 Å². The minimum absolute atomic E-state index is 0.0548. The van der Waals surface area contributed by atoms with E-state index in [0.29, 0.717) is 17.8 Å². The lowest BCUT2D eigenvalue weighted by Gasteiger charge is -2.06. The summed E-state index contributed by atoms with van der Waals surface area (Å²) in [5.74, 6) is -0.717. The van der Waals surface area contributed by atoms with E-state index in [0.717, 1.165) is 5.56 Å². The Hall–Kier alpha value is -3.42. The molecule has 6 nitrogen and oxygen atoms in total. The van der Waals surface area contributed by atoms with Crippen molar-refractivity contribution in [3.63, 3.8) is 0 Å². The Morgan fingerprint density at radius 3 is 2.50 bits per heavy atom. The average molecular weight is 353 g/mol. The maximum atomic E-state index is 13.8. The predicted molar refractivity (Wildman–Crippen MR) is 90.6 cm³/mol. The summed E-state index contributed by atoms with van der Waals surface area (Å²) in [5, 5.41) is 7.87. The Morgan fingerprint density at radius 1 is 0.962 bits per heavy atom. The summed E-state index contributed by atoms with van der Waals surface area (Å²) >= 11 is 0. The molecule has 8 heteroatoms. The fraction of sp³-hybridized carbons (Fsp3) is 0.111. The van der Waals surface area contributed by atoms with Gasteiger partial charge in [0, 0.05) is 5.56 Å². The average Bonchev–Trinajstić information content (AvgIpc) is 3.05. The molecule has 130 valence electrons. The molecule has 2 heterocycles. The van der Waals surface area contributed by atoms with E-state index in [1.165, 1.54) is 33.8 Å². The van der Waals surface area contributed by atoms with Crippen molar-refractivity contribution in [3.05, 3.63) is 88.0 Å². The minimum atomic E-state index is -0.399. The van der Waals surface area contributed by atoms with Crippen LogP contribution in [0.4, 0.5) is 8.78 Å². The van der Waals surface area contributed by atoms with Crippen molar-refractivity contribution in [2.45, 2.75) is 13.1 Å². The van der Waals surface area contributed by atoms with Gasteiger partial charge in [-0.2, -0.15) is 0 Å². The van der Waals surface area contributed by atoms with Crippen molar-refractivity contribution >= 4 is 11.2 Å². The fourth-order valence-electron chi connectivity index (χ4n) is 2.68. The monoisotopic (exact) mass is 353 g/mol. The van der Waals surface area contributed by atoms with E-state index < -0.39 is 5.56 Å². The van der Waals surface area contributed by atoms with Gasteiger partial charge in [-0.3, -0.25) is 9.36 Å². The zero-order chi connectivity index (χ0) is 18.1. The first-order chi connectivity index (χ1) is 12.6. The van der Waals surface area contributed by atoms with Gasteiger partial charge in [-0.25, -0.2) is 18.4 Å². The topological polar surface area (TPSA) is 65.6 Å². The van der Waals surface area contributed by atoms with E-state index in [9.17, 15) is 13.6 Å². The molecule has 0 radical (unpaired) electrons. The van der Waals surface area contributed by atoms with Crippen LogP contribution in [0.5, 0.6) is 0 Å². The summed E-state index contributed by atoms with van der Waals surface area (Å²) in [6.07, 6.45) is 1.35. The van der Waals surface area contributed by atoms with Crippen molar-refractivity contribution in [1.29, 1.82) is 0 Å². The molecule has 0 aliphatic rings. The van der Waals surface area contributed by atoms with E-state index in [1.54, 1.807) is 30.3 Å². The molecule has 0 saturated heterocycles. The van der Waals surface area contributed by atoms with Crippen molar-refractivity contribution in [3.8, 4) is 0 Å². The standard InChI is InChI=1S/C18H13F2N5O/c19-14-7-5-12(6-8-14)9-25-17-16(22-23-25)18(26)24(11-21-17)10-13-3-1-2-4-15(13)20/h1-8,11H,9-10H2. The maximum absolute atomic E-state index is 13.8. The molecule has 0 aliphatic heterocycles. The first kappa shape index (κ1) is 16.1. The maximum Gasteiger partial charge on any atom is 0.283 e. The number of halogens is 2. The van der Waals surface area contributed by atoms with Crippen LogP contribution in [-0.4, -0.2) is 24.5 Å². The molecule has 0 fully saturated rings. The largest absolute Gasteiger partial charge is 0.293 e. The van der Waals surface area contributed by atoms with Gasteiger partial charge >= 0.3 is 0 Å². The SMILES string of the molecule is O=c1c2nnn(Cc3ccc(F)cc3)c2ncn1Cc1ccccc1F. The van der Waals surface area contributed by atoms with Gasteiger partial charge in [-0.1, -0.05) is 35.5 Å². The van der Waals surface area contributed by atoms with Gasteiger partial charge < -0.3 is 0 Å². The van der Waals surface area contributed by atoms with Crippen LogP contribution in [0.3, 0.4) is 0 Å². The molecule has 0 saturated carbocycles. The highest BCUT2D eigenvalue weighted by molar-refractivity contribution is 5.67. The fourth-order valence-corrected chi connectivity index (χ4v) is 2.68. The van der Waals surface area contributed by atoms with Crippen LogP contribution >= 0.6 is 0 Å². The van der Waals surface area contributed by atoms with Crippen molar-refractivity contribution < 1.29 is 8.78 Å². The van der Waals surface area contributed by atoms with Crippen LogP contribution in [0.15, 0.2) is 59.7 Å². The van der Waals surface area contributed by atoms with Gasteiger partial charge in [-0.05, 0) is 23.8 Å². The quantitative estimate of drug-likeness (QED) is 0.565. The normalized spacial score (nSPS) is 11.2. The highest BCUT2D eigenvalue weighted by Gasteiger charge is 2.13. The van der Waals surface area contributed by atoms with Gasteiger partial charge in [-0.15, -0.1) is 5.10 Å². The van der Waals surface area contributed by atoms with Crippen LogP contribution in [-0.2, 0) is 13.1 Å². The predicted octanol–water partition coefficient (Wildman–Crippen LogP) is 2.36. The van der Waals surface area contributed by atoms with E-state index in [2.05, 4.69) is 15.3 Å². The van der Waals surface area contributed by atoms with Crippen molar-refractivity contribution in [2.75, 3.05) is 0 Å². The lowest BCUT2D eigenvalue weighted by Crippen LogP contribution is -2.22. The van der Waals surface area contributed by atoms with E-state index >= 15 is 0 Å². The summed E-state index contributed by atoms with van der Waals surface area (Å²) in [6.45, 7) is 0.361. The van der Waals surface area contributed by atoms with Gasteiger partial charge in [0.1, 0.15) is 18.0 Å². The lowest BCUT2D eigenvalue weighted by atomic mass is 10.2. The first-order valence-electron chi connectivity index (χ1n) is 7.88. The zero-order valence-corrected chi connectivity index (χ0v) is 13.5. The number of hydrogen-bond donors (Lipinski definition) is 0. The molecular formula is C18H13F2N5O. The summed E-state index contributed by atoms with van der Waals surface area (Å²) in [4.78, 5) is 16.8. The van der Waals surface area contributed by atoms with Crippen molar-refractivity contribution in [2.24, 2.45) is 0 Å². The number of aromatic nitrogens is 5. The zero-order valence-electron chi connectivity index (χ0n) is 13.5. The van der Waals surface area contributed by atoms with Crippen LogP contribution in [0.2, 0.25) is 0 Å². The Kier molecular flexibility index (Phi) is 4.00. The third-order valence-electron chi connectivity index (χ3n) is 4.04. The smallest absolute Gasteiger partial charge is 0.283 e. The van der Waals surface area contributed by atoms with Gasteiger partial charge in [0.15, 0.2) is 11.2 Å². The molecule has 0 aliphatic carbocycles. The van der Waals surface area contributed by atoms with Crippen LogP contribution in [0.25, 0.3) is 11.2 Å². The molecule has 0 unspecified atom stereocenters. The summed E-state index contributed by atoms with van der Waals surface area (Å²) in [5.41, 5.74) is 1.21. The Bertz CT molecular complexity index is 1130. The number of hydrogen-bond acceptors (Lipinski definition) is 4.